The molecule has 0 spiro atoms. The highest BCUT2D eigenvalue weighted by atomic mass is 16.4. The summed E-state index contributed by atoms with van der Waals surface area (Å²) in [4.78, 5) is 22.4. The van der Waals surface area contributed by atoms with Crippen LogP contribution in [0.5, 0.6) is 0 Å². The van der Waals surface area contributed by atoms with Gasteiger partial charge in [0, 0.05) is 17.9 Å². The quantitative estimate of drug-likeness (QED) is 0.616. The number of carboxylic acids is 1. The normalized spacial score (nSPS) is 26.4. The molecule has 1 atom stereocenters. The molecular weight excluding hydrogens is 268 g/mol. The molecule has 114 valence electrons. The first-order chi connectivity index (χ1) is 9.62. The second-order valence-electron chi connectivity index (χ2n) is 5.95. The molecule has 1 rings (SSSR count). The van der Waals surface area contributed by atoms with E-state index < -0.39 is 17.0 Å². The maximum atomic E-state index is 11.8. The fourth-order valence-electron chi connectivity index (χ4n) is 2.47. The van der Waals surface area contributed by atoms with Crippen LogP contribution in [0.1, 0.15) is 34.1 Å². The second-order valence-corrected chi connectivity index (χ2v) is 5.95. The number of hydrogen-bond donors (Lipinski definition) is 2. The Morgan fingerprint density at radius 2 is 2.00 bits per heavy atom. The summed E-state index contributed by atoms with van der Waals surface area (Å²) in [5, 5.41) is 19.8. The van der Waals surface area contributed by atoms with Gasteiger partial charge in [0.2, 0.25) is 0 Å². The lowest BCUT2D eigenvalue weighted by Crippen LogP contribution is -2.48. The zero-order chi connectivity index (χ0) is 16.3. The van der Waals surface area contributed by atoms with Crippen molar-refractivity contribution in [3.8, 4) is 0 Å². The Morgan fingerprint density at radius 1 is 1.38 bits per heavy atom. The van der Waals surface area contributed by atoms with Gasteiger partial charge in [-0.15, -0.1) is 0 Å². The lowest BCUT2D eigenvalue weighted by atomic mass is 9.64. The average Bonchev–Trinajstić information content (AvgIpc) is 2.32. The van der Waals surface area contributed by atoms with Gasteiger partial charge >= 0.3 is 5.97 Å². The fraction of sp³-hybridized carbons (Fsp3) is 0.412. The Bertz CT molecular complexity index is 561. The lowest BCUT2D eigenvalue weighted by molar-refractivity contribution is -0.131. The summed E-state index contributed by atoms with van der Waals surface area (Å²) in [5.74, 6) is -1.06. The number of carboxylic acid groups (broad SMARTS) is 1. The summed E-state index contributed by atoms with van der Waals surface area (Å²) >= 11 is 0. The molecule has 0 aromatic heterocycles. The van der Waals surface area contributed by atoms with Gasteiger partial charge in [0.15, 0.2) is 5.78 Å². The van der Waals surface area contributed by atoms with E-state index in [0.29, 0.717) is 11.1 Å². The largest absolute Gasteiger partial charge is 0.478 e. The van der Waals surface area contributed by atoms with E-state index in [1.165, 1.54) is 6.08 Å². The molecule has 0 saturated carbocycles. The van der Waals surface area contributed by atoms with Crippen LogP contribution < -0.4 is 0 Å². The van der Waals surface area contributed by atoms with Crippen LogP contribution in [0.15, 0.2) is 47.6 Å². The summed E-state index contributed by atoms with van der Waals surface area (Å²) in [6, 6.07) is 0. The van der Waals surface area contributed by atoms with Crippen molar-refractivity contribution in [2.24, 2.45) is 5.41 Å². The molecule has 2 N–H and O–H groups in total. The van der Waals surface area contributed by atoms with Gasteiger partial charge in [-0.05, 0) is 37.1 Å². The smallest absolute Gasteiger partial charge is 0.328 e. The van der Waals surface area contributed by atoms with Crippen molar-refractivity contribution in [1.29, 1.82) is 0 Å². The fourth-order valence-corrected chi connectivity index (χ4v) is 2.47. The van der Waals surface area contributed by atoms with Crippen LogP contribution in [0.2, 0.25) is 0 Å². The molecule has 0 heterocycles. The van der Waals surface area contributed by atoms with Gasteiger partial charge in [-0.2, -0.15) is 0 Å². The molecule has 4 heteroatoms. The molecule has 1 aliphatic carbocycles. The van der Waals surface area contributed by atoms with E-state index in [1.54, 1.807) is 31.2 Å². The van der Waals surface area contributed by atoms with Gasteiger partial charge in [0.1, 0.15) is 5.60 Å². The average molecular weight is 290 g/mol. The maximum Gasteiger partial charge on any atom is 0.328 e. The van der Waals surface area contributed by atoms with Gasteiger partial charge in [0.05, 0.1) is 0 Å². The molecule has 0 aromatic carbocycles. The van der Waals surface area contributed by atoms with Crippen LogP contribution in [-0.4, -0.2) is 27.6 Å². The molecular formula is C17H22O4. The van der Waals surface area contributed by atoms with Gasteiger partial charge in [-0.25, -0.2) is 4.79 Å². The predicted octanol–water partition coefficient (Wildman–Crippen LogP) is 2.81. The van der Waals surface area contributed by atoms with Gasteiger partial charge in [0.25, 0.3) is 0 Å². The number of ketones is 1. The Hall–Kier alpha value is -1.94. The van der Waals surface area contributed by atoms with Crippen molar-refractivity contribution in [2.45, 2.75) is 39.7 Å². The van der Waals surface area contributed by atoms with Crippen LogP contribution in [0, 0.1) is 5.41 Å². The first-order valence-corrected chi connectivity index (χ1v) is 6.83. The minimum absolute atomic E-state index is 0.0241. The summed E-state index contributed by atoms with van der Waals surface area (Å²) in [5.41, 5.74) is -0.955. The van der Waals surface area contributed by atoms with Gasteiger partial charge in [-0.1, -0.05) is 32.1 Å². The van der Waals surface area contributed by atoms with Crippen molar-refractivity contribution >= 4 is 11.8 Å². The molecule has 0 aromatic rings. The molecule has 0 amide bonds. The van der Waals surface area contributed by atoms with Crippen molar-refractivity contribution in [3.05, 3.63) is 47.6 Å². The number of hydrogen-bond acceptors (Lipinski definition) is 3. The SMILES string of the molecule is C/C=C/C1=CC(=O)CC(C)(C)[C@@]1(O)/C=C/C(C)=C\C(=O)O. The third kappa shape index (κ3) is 3.79. The van der Waals surface area contributed by atoms with E-state index in [4.69, 9.17) is 5.11 Å². The highest BCUT2D eigenvalue weighted by molar-refractivity contribution is 5.93. The molecule has 1 aliphatic rings. The Labute approximate surface area is 125 Å². The van der Waals surface area contributed by atoms with Gasteiger partial charge < -0.3 is 10.2 Å². The Morgan fingerprint density at radius 3 is 2.52 bits per heavy atom. The van der Waals surface area contributed by atoms with E-state index >= 15 is 0 Å². The summed E-state index contributed by atoms with van der Waals surface area (Å²) in [7, 11) is 0. The first kappa shape index (κ1) is 17.1. The zero-order valence-electron chi connectivity index (χ0n) is 12.9. The number of aliphatic carboxylic acids is 1. The van der Waals surface area contributed by atoms with Gasteiger partial charge in [-0.3, -0.25) is 4.79 Å². The van der Waals surface area contributed by atoms with Crippen molar-refractivity contribution in [3.63, 3.8) is 0 Å². The summed E-state index contributed by atoms with van der Waals surface area (Å²) in [6.45, 7) is 7.10. The standard InChI is InChI=1S/C17H22O4/c1-5-6-13-10-14(18)11-16(3,4)17(13,21)8-7-12(2)9-15(19)20/h5-10,21H,11H2,1-4H3,(H,19,20)/b6-5+,8-7+,12-9-/t17-/m1/s1. The lowest BCUT2D eigenvalue weighted by Gasteiger charge is -2.44. The number of carbonyl (C=O) groups excluding carboxylic acids is 1. The van der Waals surface area contributed by atoms with Crippen molar-refractivity contribution in [1.82, 2.24) is 0 Å². The van der Waals surface area contributed by atoms with Crippen molar-refractivity contribution in [2.75, 3.05) is 0 Å². The highest BCUT2D eigenvalue weighted by Crippen LogP contribution is 2.44. The second kappa shape index (κ2) is 6.22. The monoisotopic (exact) mass is 290 g/mol. The van der Waals surface area contributed by atoms with Crippen LogP contribution in [0.25, 0.3) is 0 Å². The number of aliphatic hydroxyl groups is 1. The summed E-state index contributed by atoms with van der Waals surface area (Å²) < 4.78 is 0. The first-order valence-electron chi connectivity index (χ1n) is 6.83. The number of rotatable bonds is 4. The third-order valence-electron chi connectivity index (χ3n) is 3.69. The topological polar surface area (TPSA) is 74.6 Å². The molecule has 4 nitrogen and oxygen atoms in total. The zero-order valence-corrected chi connectivity index (χ0v) is 12.9. The molecule has 0 radical (unpaired) electrons. The predicted molar refractivity (Wildman–Crippen MR) is 81.8 cm³/mol. The minimum Gasteiger partial charge on any atom is -0.478 e. The maximum absolute atomic E-state index is 11.8. The van der Waals surface area contributed by atoms with Crippen LogP contribution in [-0.2, 0) is 9.59 Å². The third-order valence-corrected chi connectivity index (χ3v) is 3.69. The molecule has 0 bridgehead atoms. The molecule has 0 unspecified atom stereocenters. The van der Waals surface area contributed by atoms with Crippen LogP contribution in [0.4, 0.5) is 0 Å². The van der Waals surface area contributed by atoms with E-state index in [2.05, 4.69) is 0 Å². The van der Waals surface area contributed by atoms with E-state index in [9.17, 15) is 14.7 Å². The van der Waals surface area contributed by atoms with Crippen molar-refractivity contribution < 1.29 is 19.8 Å². The summed E-state index contributed by atoms with van der Waals surface area (Å²) in [6.07, 6.45) is 9.37. The molecule has 21 heavy (non-hydrogen) atoms. The van der Waals surface area contributed by atoms with Crippen LogP contribution in [0.3, 0.4) is 0 Å². The van der Waals surface area contributed by atoms with E-state index in [-0.39, 0.29) is 12.2 Å². The Balaban J connectivity index is 3.30. The van der Waals surface area contributed by atoms with Crippen LogP contribution >= 0.6 is 0 Å². The Kier molecular flexibility index (Phi) is 5.07. The van der Waals surface area contributed by atoms with E-state index in [0.717, 1.165) is 6.08 Å². The highest BCUT2D eigenvalue weighted by Gasteiger charge is 2.47. The minimum atomic E-state index is -1.32. The molecule has 0 saturated heterocycles. The molecule has 0 aliphatic heterocycles. The van der Waals surface area contributed by atoms with E-state index in [1.807, 2.05) is 20.8 Å². The number of allylic oxidation sites excluding steroid dienone is 4. The number of carbonyl (C=O) groups is 2. The molecule has 0 fully saturated rings.